The number of carbonyl (C=O) groups excluding carboxylic acids is 1. The number of amides is 1. The van der Waals surface area contributed by atoms with Crippen LogP contribution in [-0.4, -0.2) is 17.4 Å². The molecule has 4 N–H and O–H groups in total. The van der Waals surface area contributed by atoms with Gasteiger partial charge in [-0.05, 0) is 23.5 Å². The van der Waals surface area contributed by atoms with Gasteiger partial charge in [0.2, 0.25) is 0 Å². The van der Waals surface area contributed by atoms with Crippen LogP contribution in [0, 0.1) is 11.3 Å². The molecule has 0 aromatic carbocycles. The summed E-state index contributed by atoms with van der Waals surface area (Å²) < 4.78 is 0. The lowest BCUT2D eigenvalue weighted by Crippen LogP contribution is -2.37. The van der Waals surface area contributed by atoms with E-state index >= 15 is 0 Å². The SMILES string of the molecule is CC(C)C(C)(C)CNC(=O)c1cccc(NN)n1. The number of nitrogens with one attached hydrogen (secondary N) is 2. The number of nitrogen functional groups attached to an aromatic ring is 1. The standard InChI is InChI=1S/C13H22N4O/c1-9(2)13(3,4)8-15-12(18)10-6-5-7-11(16-10)17-14/h5-7,9H,8,14H2,1-4H3,(H,15,18)(H,16,17). The van der Waals surface area contributed by atoms with E-state index in [1.54, 1.807) is 18.2 Å². The molecule has 0 spiro atoms. The molecule has 5 nitrogen and oxygen atoms in total. The van der Waals surface area contributed by atoms with Gasteiger partial charge in [-0.25, -0.2) is 10.8 Å². The Hall–Kier alpha value is -1.62. The van der Waals surface area contributed by atoms with Gasteiger partial charge < -0.3 is 10.7 Å². The summed E-state index contributed by atoms with van der Waals surface area (Å²) in [7, 11) is 0. The highest BCUT2D eigenvalue weighted by Crippen LogP contribution is 2.24. The van der Waals surface area contributed by atoms with Gasteiger partial charge in [0.05, 0.1) is 0 Å². The number of aromatic nitrogens is 1. The third-order valence-corrected chi connectivity index (χ3v) is 3.40. The molecule has 0 fully saturated rings. The summed E-state index contributed by atoms with van der Waals surface area (Å²) >= 11 is 0. The molecule has 0 saturated heterocycles. The van der Waals surface area contributed by atoms with Crippen LogP contribution in [-0.2, 0) is 0 Å². The van der Waals surface area contributed by atoms with E-state index in [1.165, 1.54) is 0 Å². The summed E-state index contributed by atoms with van der Waals surface area (Å²) in [5, 5.41) is 2.90. The molecule has 0 aliphatic carbocycles. The van der Waals surface area contributed by atoms with Gasteiger partial charge in [0.25, 0.3) is 5.91 Å². The molecule has 1 aromatic rings. The smallest absolute Gasteiger partial charge is 0.269 e. The largest absolute Gasteiger partial charge is 0.350 e. The molecule has 0 aliphatic heterocycles. The van der Waals surface area contributed by atoms with Gasteiger partial charge in [0, 0.05) is 6.54 Å². The number of nitrogens with zero attached hydrogens (tertiary/aromatic N) is 1. The maximum Gasteiger partial charge on any atom is 0.269 e. The number of hydrogen-bond acceptors (Lipinski definition) is 4. The first-order valence-corrected chi connectivity index (χ1v) is 6.08. The van der Waals surface area contributed by atoms with Crippen LogP contribution in [0.15, 0.2) is 18.2 Å². The molecule has 1 aromatic heterocycles. The van der Waals surface area contributed by atoms with E-state index in [2.05, 4.69) is 43.4 Å². The molecule has 0 bridgehead atoms. The highest BCUT2D eigenvalue weighted by molar-refractivity contribution is 5.92. The highest BCUT2D eigenvalue weighted by Gasteiger charge is 2.23. The van der Waals surface area contributed by atoms with E-state index in [4.69, 9.17) is 5.84 Å². The molecule has 5 heteroatoms. The molecule has 1 amide bonds. The Labute approximate surface area is 108 Å². The van der Waals surface area contributed by atoms with Crippen LogP contribution >= 0.6 is 0 Å². The predicted molar refractivity (Wildman–Crippen MR) is 73.0 cm³/mol. The summed E-state index contributed by atoms with van der Waals surface area (Å²) in [4.78, 5) is 16.0. The molecule has 1 rings (SSSR count). The van der Waals surface area contributed by atoms with E-state index < -0.39 is 0 Å². The molecule has 0 radical (unpaired) electrons. The Morgan fingerprint density at radius 3 is 2.67 bits per heavy atom. The van der Waals surface area contributed by atoms with E-state index in [1.807, 2.05) is 0 Å². The minimum Gasteiger partial charge on any atom is -0.350 e. The number of carbonyl (C=O) groups is 1. The van der Waals surface area contributed by atoms with Crippen molar-refractivity contribution in [2.24, 2.45) is 17.2 Å². The second kappa shape index (κ2) is 5.82. The van der Waals surface area contributed by atoms with Crippen LogP contribution < -0.4 is 16.6 Å². The van der Waals surface area contributed by atoms with Crippen molar-refractivity contribution in [1.29, 1.82) is 0 Å². The third-order valence-electron chi connectivity index (χ3n) is 3.40. The topological polar surface area (TPSA) is 80.0 Å². The van der Waals surface area contributed by atoms with Gasteiger partial charge in [0.15, 0.2) is 0 Å². The first-order chi connectivity index (χ1) is 8.36. The Balaban J connectivity index is 2.66. The fraction of sp³-hybridized carbons (Fsp3) is 0.538. The lowest BCUT2D eigenvalue weighted by atomic mass is 9.81. The van der Waals surface area contributed by atoms with Crippen molar-refractivity contribution in [3.8, 4) is 0 Å². The van der Waals surface area contributed by atoms with Crippen LogP contribution in [0.25, 0.3) is 0 Å². The molecule has 18 heavy (non-hydrogen) atoms. The van der Waals surface area contributed by atoms with E-state index in [-0.39, 0.29) is 11.3 Å². The van der Waals surface area contributed by atoms with E-state index in [0.717, 1.165) is 0 Å². The van der Waals surface area contributed by atoms with Crippen molar-refractivity contribution in [3.05, 3.63) is 23.9 Å². The number of pyridine rings is 1. The second-order valence-electron chi connectivity index (χ2n) is 5.38. The Morgan fingerprint density at radius 1 is 1.44 bits per heavy atom. The van der Waals surface area contributed by atoms with Gasteiger partial charge in [-0.2, -0.15) is 0 Å². The lowest BCUT2D eigenvalue weighted by Gasteiger charge is -2.29. The zero-order valence-electron chi connectivity index (χ0n) is 11.4. The highest BCUT2D eigenvalue weighted by atomic mass is 16.1. The Kier molecular flexibility index (Phi) is 4.67. The number of anilines is 1. The molecule has 1 heterocycles. The van der Waals surface area contributed by atoms with Gasteiger partial charge in [-0.15, -0.1) is 0 Å². The fourth-order valence-electron chi connectivity index (χ4n) is 1.24. The Bertz CT molecular complexity index is 415. The van der Waals surface area contributed by atoms with Crippen LogP contribution in [0.5, 0.6) is 0 Å². The average Bonchev–Trinajstić information content (AvgIpc) is 2.36. The first-order valence-electron chi connectivity index (χ1n) is 6.08. The zero-order chi connectivity index (χ0) is 13.8. The molecule has 0 atom stereocenters. The molecule has 100 valence electrons. The number of hydrogen-bond donors (Lipinski definition) is 3. The number of rotatable bonds is 5. The second-order valence-corrected chi connectivity index (χ2v) is 5.38. The van der Waals surface area contributed by atoms with E-state index in [0.29, 0.717) is 24.0 Å². The van der Waals surface area contributed by atoms with E-state index in [9.17, 15) is 4.79 Å². The quantitative estimate of drug-likeness (QED) is 0.549. The zero-order valence-corrected chi connectivity index (χ0v) is 11.4. The summed E-state index contributed by atoms with van der Waals surface area (Å²) in [5.74, 6) is 6.04. The fourth-order valence-corrected chi connectivity index (χ4v) is 1.24. The van der Waals surface area contributed by atoms with Crippen molar-refractivity contribution >= 4 is 11.7 Å². The van der Waals surface area contributed by atoms with Crippen LogP contribution in [0.2, 0.25) is 0 Å². The Morgan fingerprint density at radius 2 is 2.11 bits per heavy atom. The predicted octanol–water partition coefficient (Wildman–Crippen LogP) is 1.78. The van der Waals surface area contributed by atoms with Crippen molar-refractivity contribution in [3.63, 3.8) is 0 Å². The van der Waals surface area contributed by atoms with Crippen molar-refractivity contribution in [2.45, 2.75) is 27.7 Å². The number of hydrazine groups is 1. The number of nitrogens with two attached hydrogens (primary N) is 1. The molecule has 0 aliphatic rings. The van der Waals surface area contributed by atoms with Gasteiger partial charge in [-0.3, -0.25) is 4.79 Å². The van der Waals surface area contributed by atoms with Crippen LogP contribution in [0.3, 0.4) is 0 Å². The van der Waals surface area contributed by atoms with Crippen LogP contribution in [0.4, 0.5) is 5.82 Å². The average molecular weight is 250 g/mol. The van der Waals surface area contributed by atoms with Crippen molar-refractivity contribution in [1.82, 2.24) is 10.3 Å². The molecule has 0 saturated carbocycles. The lowest BCUT2D eigenvalue weighted by molar-refractivity contribution is 0.0920. The maximum absolute atomic E-state index is 11.9. The monoisotopic (exact) mass is 250 g/mol. The minimum absolute atomic E-state index is 0.0549. The molecular formula is C13H22N4O. The molecular weight excluding hydrogens is 228 g/mol. The summed E-state index contributed by atoms with van der Waals surface area (Å²) in [6.07, 6.45) is 0. The van der Waals surface area contributed by atoms with Crippen molar-refractivity contribution < 1.29 is 4.79 Å². The third kappa shape index (κ3) is 3.70. The van der Waals surface area contributed by atoms with Gasteiger partial charge in [0.1, 0.15) is 11.5 Å². The normalized spacial score (nSPS) is 11.4. The van der Waals surface area contributed by atoms with Crippen molar-refractivity contribution in [2.75, 3.05) is 12.0 Å². The van der Waals surface area contributed by atoms with Crippen LogP contribution in [0.1, 0.15) is 38.2 Å². The van der Waals surface area contributed by atoms with Gasteiger partial charge >= 0.3 is 0 Å². The minimum atomic E-state index is -0.180. The maximum atomic E-state index is 11.9. The summed E-state index contributed by atoms with van der Waals surface area (Å²) in [6.45, 7) is 9.16. The summed E-state index contributed by atoms with van der Waals surface area (Å²) in [5.41, 5.74) is 2.84. The van der Waals surface area contributed by atoms with Gasteiger partial charge in [-0.1, -0.05) is 33.8 Å². The first kappa shape index (κ1) is 14.4. The summed E-state index contributed by atoms with van der Waals surface area (Å²) in [6, 6.07) is 5.11. The molecule has 0 unspecified atom stereocenters.